The number of carbonyl (C=O) groups is 2. The van der Waals surface area contributed by atoms with Crippen LogP contribution in [0.2, 0.25) is 0 Å². The molecule has 0 aliphatic rings. The first-order valence-corrected chi connectivity index (χ1v) is 7.56. The van der Waals surface area contributed by atoms with E-state index in [1.807, 2.05) is 30.3 Å². The van der Waals surface area contributed by atoms with Gasteiger partial charge in [-0.1, -0.05) is 42.5 Å². The maximum absolute atomic E-state index is 11.9. The number of nitrogens with two attached hydrogens (primary N) is 1. The first-order chi connectivity index (χ1) is 10.7. The number of alkyl carbamates (subject to hydrolysis) is 1. The first-order valence-electron chi connectivity index (χ1n) is 7.16. The second kappa shape index (κ2) is 8.47. The Balaban J connectivity index is 2.50. The van der Waals surface area contributed by atoms with Crippen LogP contribution in [0.3, 0.4) is 0 Å². The molecule has 23 heavy (non-hydrogen) atoms. The molecule has 6 nitrogen and oxygen atoms in total. The number of hydrogen-bond acceptors (Lipinski definition) is 5. The van der Waals surface area contributed by atoms with Gasteiger partial charge in [0.1, 0.15) is 12.2 Å². The Hall–Kier alpha value is -2.15. The molecule has 0 spiro atoms. The van der Waals surface area contributed by atoms with Gasteiger partial charge in [-0.05, 0) is 26.3 Å². The topological polar surface area (TPSA) is 90.6 Å². The van der Waals surface area contributed by atoms with Gasteiger partial charge >= 0.3 is 12.1 Å². The van der Waals surface area contributed by atoms with Crippen molar-refractivity contribution in [2.24, 2.45) is 5.73 Å². The van der Waals surface area contributed by atoms with Crippen LogP contribution in [0.1, 0.15) is 32.8 Å². The molecule has 1 aromatic carbocycles. The van der Waals surface area contributed by atoms with Gasteiger partial charge in [0.2, 0.25) is 0 Å². The zero-order chi connectivity index (χ0) is 17.5. The minimum atomic E-state index is -0.817. The molecule has 0 aliphatic heterocycles. The van der Waals surface area contributed by atoms with Crippen molar-refractivity contribution in [1.82, 2.24) is 5.32 Å². The summed E-state index contributed by atoms with van der Waals surface area (Å²) in [5.74, 6) is -0.511. The molecule has 0 saturated carbocycles. The summed E-state index contributed by atoms with van der Waals surface area (Å²) in [6.07, 6.45) is -0.840. The Labute approximate surface area is 141 Å². The third-order valence-corrected chi connectivity index (χ3v) is 2.93. The molecule has 1 rings (SSSR count). The normalized spacial score (nSPS) is 12.1. The molecule has 126 valence electrons. The van der Waals surface area contributed by atoms with Crippen LogP contribution in [-0.4, -0.2) is 28.7 Å². The van der Waals surface area contributed by atoms with Gasteiger partial charge in [0, 0.05) is 0 Å². The van der Waals surface area contributed by atoms with E-state index in [2.05, 4.69) is 5.32 Å². The summed E-state index contributed by atoms with van der Waals surface area (Å²) in [5, 5.41) is 2.47. The molecule has 1 aromatic rings. The van der Waals surface area contributed by atoms with E-state index in [4.69, 9.17) is 27.4 Å². The van der Waals surface area contributed by atoms with Crippen molar-refractivity contribution < 1.29 is 19.1 Å². The second-order valence-electron chi connectivity index (χ2n) is 5.95. The van der Waals surface area contributed by atoms with E-state index in [0.29, 0.717) is 0 Å². The average molecular weight is 338 g/mol. The molecular formula is C16H22N2O4S. The highest BCUT2D eigenvalue weighted by Crippen LogP contribution is 2.08. The van der Waals surface area contributed by atoms with E-state index < -0.39 is 23.7 Å². The fourth-order valence-corrected chi connectivity index (χ4v) is 1.78. The number of carbonyl (C=O) groups excluding carboxylic acids is 2. The fraction of sp³-hybridized carbons (Fsp3) is 0.438. The highest BCUT2D eigenvalue weighted by atomic mass is 32.1. The molecule has 0 bridgehead atoms. The second-order valence-corrected chi connectivity index (χ2v) is 6.42. The molecule has 0 saturated heterocycles. The summed E-state index contributed by atoms with van der Waals surface area (Å²) in [7, 11) is 0. The van der Waals surface area contributed by atoms with E-state index in [0.717, 1.165) is 5.56 Å². The van der Waals surface area contributed by atoms with E-state index in [-0.39, 0.29) is 18.0 Å². The average Bonchev–Trinajstić information content (AvgIpc) is 2.43. The van der Waals surface area contributed by atoms with Gasteiger partial charge in [0.15, 0.2) is 0 Å². The van der Waals surface area contributed by atoms with E-state index >= 15 is 0 Å². The highest BCUT2D eigenvalue weighted by Gasteiger charge is 2.23. The number of nitrogens with one attached hydrogen (secondary N) is 1. The van der Waals surface area contributed by atoms with E-state index in [1.165, 1.54) is 0 Å². The van der Waals surface area contributed by atoms with Gasteiger partial charge in [-0.2, -0.15) is 0 Å². The fourth-order valence-electron chi connectivity index (χ4n) is 1.64. The number of esters is 1. The molecule has 3 N–H and O–H groups in total. The number of benzene rings is 1. The predicted octanol–water partition coefficient (Wildman–Crippen LogP) is 2.30. The van der Waals surface area contributed by atoms with Gasteiger partial charge in [0.05, 0.1) is 17.5 Å². The summed E-state index contributed by atoms with van der Waals surface area (Å²) in [6.45, 7) is 5.35. The van der Waals surface area contributed by atoms with Crippen molar-refractivity contribution in [3.8, 4) is 0 Å². The lowest BCUT2D eigenvalue weighted by Gasteiger charge is -2.22. The van der Waals surface area contributed by atoms with Crippen LogP contribution in [0.15, 0.2) is 30.3 Å². The SMILES string of the molecule is CC(C)(C)OC(=O)N[C@@H](CC(=O)OCc1ccccc1)C(N)=S. The summed E-state index contributed by atoms with van der Waals surface area (Å²) in [4.78, 5) is 23.6. The molecule has 0 aromatic heterocycles. The summed E-state index contributed by atoms with van der Waals surface area (Å²) in [5.41, 5.74) is 5.77. The standard InChI is InChI=1S/C16H22N2O4S/c1-16(2,3)22-15(20)18-12(14(17)23)9-13(19)21-10-11-7-5-4-6-8-11/h4-8,12H,9-10H2,1-3H3,(H2,17,23)(H,18,20)/t12-/m0/s1. The third-order valence-electron chi connectivity index (χ3n) is 2.65. The molecule has 0 heterocycles. The number of rotatable bonds is 6. The number of amides is 1. The molecule has 1 amide bonds. The summed E-state index contributed by atoms with van der Waals surface area (Å²) in [6, 6.07) is 8.45. The van der Waals surface area contributed by atoms with Crippen molar-refractivity contribution in [1.29, 1.82) is 0 Å². The maximum Gasteiger partial charge on any atom is 0.408 e. The molecule has 0 aliphatic carbocycles. The Morgan fingerprint density at radius 2 is 1.87 bits per heavy atom. The predicted molar refractivity (Wildman–Crippen MR) is 90.8 cm³/mol. The smallest absolute Gasteiger partial charge is 0.408 e. The minimum Gasteiger partial charge on any atom is -0.461 e. The van der Waals surface area contributed by atoms with Gasteiger partial charge < -0.3 is 20.5 Å². The van der Waals surface area contributed by atoms with E-state index in [9.17, 15) is 9.59 Å². The largest absolute Gasteiger partial charge is 0.461 e. The first kappa shape index (κ1) is 18.9. The van der Waals surface area contributed by atoms with Crippen LogP contribution in [0.25, 0.3) is 0 Å². The molecule has 0 unspecified atom stereocenters. The third kappa shape index (κ3) is 8.15. The van der Waals surface area contributed by atoms with Crippen molar-refractivity contribution in [3.05, 3.63) is 35.9 Å². The van der Waals surface area contributed by atoms with Gasteiger partial charge in [0.25, 0.3) is 0 Å². The van der Waals surface area contributed by atoms with Crippen molar-refractivity contribution in [2.75, 3.05) is 0 Å². The zero-order valence-electron chi connectivity index (χ0n) is 13.5. The molecule has 7 heteroatoms. The van der Waals surface area contributed by atoms with Gasteiger partial charge in [-0.15, -0.1) is 0 Å². The van der Waals surface area contributed by atoms with Crippen molar-refractivity contribution in [3.63, 3.8) is 0 Å². The Morgan fingerprint density at radius 3 is 2.39 bits per heavy atom. The lowest BCUT2D eigenvalue weighted by Crippen LogP contribution is -2.46. The monoisotopic (exact) mass is 338 g/mol. The lowest BCUT2D eigenvalue weighted by atomic mass is 10.2. The van der Waals surface area contributed by atoms with Crippen LogP contribution in [-0.2, 0) is 20.9 Å². The minimum absolute atomic E-state index is 0.00693. The molecule has 0 fully saturated rings. The zero-order valence-corrected chi connectivity index (χ0v) is 14.3. The van der Waals surface area contributed by atoms with Gasteiger partial charge in [-0.3, -0.25) is 4.79 Å². The lowest BCUT2D eigenvalue weighted by molar-refractivity contribution is -0.145. The Kier molecular flexibility index (Phi) is 6.96. The summed E-state index contributed by atoms with van der Waals surface area (Å²) >= 11 is 4.87. The Bertz CT molecular complexity index is 555. The molecular weight excluding hydrogens is 316 g/mol. The van der Waals surface area contributed by atoms with Crippen LogP contribution in [0.5, 0.6) is 0 Å². The van der Waals surface area contributed by atoms with Crippen molar-refractivity contribution in [2.45, 2.75) is 45.4 Å². The van der Waals surface area contributed by atoms with Gasteiger partial charge in [-0.25, -0.2) is 4.79 Å². The summed E-state index contributed by atoms with van der Waals surface area (Å²) < 4.78 is 10.3. The number of ether oxygens (including phenoxy) is 2. The Morgan fingerprint density at radius 1 is 1.26 bits per heavy atom. The maximum atomic E-state index is 11.9. The quantitative estimate of drug-likeness (QED) is 0.611. The van der Waals surface area contributed by atoms with Crippen LogP contribution in [0, 0.1) is 0 Å². The van der Waals surface area contributed by atoms with Crippen LogP contribution in [0.4, 0.5) is 4.79 Å². The van der Waals surface area contributed by atoms with Crippen molar-refractivity contribution >= 4 is 29.3 Å². The number of thiocarbonyl (C=S) groups is 1. The van der Waals surface area contributed by atoms with E-state index in [1.54, 1.807) is 20.8 Å². The number of hydrogen-bond donors (Lipinski definition) is 2. The van der Waals surface area contributed by atoms with Crippen LogP contribution < -0.4 is 11.1 Å². The molecule has 0 radical (unpaired) electrons. The highest BCUT2D eigenvalue weighted by molar-refractivity contribution is 7.80. The molecule has 1 atom stereocenters. The van der Waals surface area contributed by atoms with Crippen LogP contribution >= 0.6 is 12.2 Å².